The molecule has 0 saturated carbocycles. The summed E-state index contributed by atoms with van der Waals surface area (Å²) in [5.74, 6) is 1.20. The first-order chi connectivity index (χ1) is 17.1. The number of methoxy groups -OCH3 is 2. The molecule has 0 radical (unpaired) electrons. The molecular formula is C27H33ClN4O4. The Morgan fingerprint density at radius 2 is 1.78 bits per heavy atom. The lowest BCUT2D eigenvalue weighted by molar-refractivity contribution is 0.00683. The number of fused-ring (bicyclic) bond motifs is 3. The van der Waals surface area contributed by atoms with Crippen LogP contribution in [0, 0.1) is 0 Å². The van der Waals surface area contributed by atoms with Crippen molar-refractivity contribution in [2.75, 3.05) is 19.5 Å². The van der Waals surface area contributed by atoms with Gasteiger partial charge < -0.3 is 28.8 Å². The van der Waals surface area contributed by atoms with Gasteiger partial charge in [-0.3, -0.25) is 0 Å². The van der Waals surface area contributed by atoms with E-state index in [-0.39, 0.29) is 18.2 Å². The number of rotatable bonds is 5. The third kappa shape index (κ3) is 4.78. The largest absolute Gasteiger partial charge is 0.496 e. The molecule has 8 nitrogen and oxygen atoms in total. The number of aromatic nitrogens is 2. The summed E-state index contributed by atoms with van der Waals surface area (Å²) in [5, 5.41) is 4.18. The molecule has 3 aromatic rings. The van der Waals surface area contributed by atoms with Crippen molar-refractivity contribution in [1.29, 1.82) is 0 Å². The number of ether oxygens (including phenoxy) is 3. The Morgan fingerprint density at radius 1 is 1.08 bits per heavy atom. The number of halogens is 1. The molecule has 2 aromatic heterocycles. The highest BCUT2D eigenvalue weighted by Crippen LogP contribution is 2.39. The van der Waals surface area contributed by atoms with E-state index in [2.05, 4.69) is 11.4 Å². The average Bonchev–Trinajstić information content (AvgIpc) is 3.36. The molecule has 2 bridgehead atoms. The summed E-state index contributed by atoms with van der Waals surface area (Å²) in [7, 11) is 3.19. The van der Waals surface area contributed by atoms with E-state index in [1.165, 1.54) is 0 Å². The van der Waals surface area contributed by atoms with Crippen LogP contribution in [-0.4, -0.2) is 58.3 Å². The number of hydrogen-bond donors (Lipinski definition) is 1. The van der Waals surface area contributed by atoms with Crippen molar-refractivity contribution < 1.29 is 19.0 Å². The highest BCUT2D eigenvalue weighted by Gasteiger charge is 2.44. The molecule has 2 saturated heterocycles. The van der Waals surface area contributed by atoms with Gasteiger partial charge >= 0.3 is 6.09 Å². The molecule has 1 amide bonds. The maximum Gasteiger partial charge on any atom is 0.410 e. The van der Waals surface area contributed by atoms with E-state index in [1.807, 2.05) is 54.6 Å². The Labute approximate surface area is 216 Å². The van der Waals surface area contributed by atoms with Crippen LogP contribution >= 0.6 is 11.6 Å². The summed E-state index contributed by atoms with van der Waals surface area (Å²) < 4.78 is 18.5. The topological polar surface area (TPSA) is 77.3 Å². The van der Waals surface area contributed by atoms with Gasteiger partial charge in [-0.15, -0.1) is 0 Å². The Bertz CT molecular complexity index is 1270. The molecule has 2 atom stereocenters. The zero-order valence-electron chi connectivity index (χ0n) is 21.4. The molecule has 2 aliphatic heterocycles. The van der Waals surface area contributed by atoms with Crippen LogP contribution in [0.5, 0.6) is 11.5 Å². The standard InChI is InChI=1S/C27H33ClN4O4/c1-27(2,3)36-26(33)32-18-6-7-19(32)11-17(10-18)29-16-8-9-31-15-22(30-25(31)12-16)20-13-21(28)24(35-5)14-23(20)34-4/h8-9,12-15,17-19,29H,6-7,10-11H2,1-5H3/t18-,19-/m0/s1. The second-order valence-corrected chi connectivity index (χ2v) is 11.0. The zero-order chi connectivity index (χ0) is 25.6. The predicted molar refractivity (Wildman–Crippen MR) is 140 cm³/mol. The van der Waals surface area contributed by atoms with Gasteiger partial charge in [-0.25, -0.2) is 9.78 Å². The summed E-state index contributed by atoms with van der Waals surface area (Å²) >= 11 is 6.37. The lowest BCUT2D eigenvalue weighted by Crippen LogP contribution is -2.51. The van der Waals surface area contributed by atoms with E-state index in [0.717, 1.165) is 48.3 Å². The summed E-state index contributed by atoms with van der Waals surface area (Å²) in [4.78, 5) is 19.6. The van der Waals surface area contributed by atoms with Crippen molar-refractivity contribution in [3.63, 3.8) is 0 Å². The van der Waals surface area contributed by atoms with E-state index in [4.69, 9.17) is 30.8 Å². The maximum atomic E-state index is 12.8. The Hall–Kier alpha value is -3.13. The van der Waals surface area contributed by atoms with E-state index in [0.29, 0.717) is 22.6 Å². The molecule has 5 rings (SSSR count). The Balaban J connectivity index is 1.32. The molecule has 9 heteroatoms. The third-order valence-electron chi connectivity index (χ3n) is 6.92. The van der Waals surface area contributed by atoms with E-state index < -0.39 is 5.60 Å². The fourth-order valence-electron chi connectivity index (χ4n) is 5.40. The number of benzene rings is 1. The van der Waals surface area contributed by atoms with E-state index in [9.17, 15) is 4.79 Å². The fraction of sp³-hybridized carbons (Fsp3) is 0.481. The monoisotopic (exact) mass is 512 g/mol. The van der Waals surface area contributed by atoms with Crippen molar-refractivity contribution >= 4 is 29.0 Å². The van der Waals surface area contributed by atoms with E-state index >= 15 is 0 Å². The van der Waals surface area contributed by atoms with Crippen molar-refractivity contribution in [3.05, 3.63) is 41.7 Å². The zero-order valence-corrected chi connectivity index (χ0v) is 22.1. The first-order valence-electron chi connectivity index (χ1n) is 12.3. The van der Waals surface area contributed by atoms with Gasteiger partial charge in [0.25, 0.3) is 0 Å². The molecule has 0 spiro atoms. The number of anilines is 1. The minimum absolute atomic E-state index is 0.186. The summed E-state index contributed by atoms with van der Waals surface area (Å²) in [6, 6.07) is 8.40. The summed E-state index contributed by atoms with van der Waals surface area (Å²) in [5.41, 5.74) is 2.91. The smallest absolute Gasteiger partial charge is 0.410 e. The second kappa shape index (κ2) is 9.39. The Morgan fingerprint density at radius 3 is 2.42 bits per heavy atom. The van der Waals surface area contributed by atoms with Crippen molar-refractivity contribution in [3.8, 4) is 22.8 Å². The molecule has 4 heterocycles. The van der Waals surface area contributed by atoms with Crippen LogP contribution in [0.4, 0.5) is 10.5 Å². The molecule has 2 fully saturated rings. The number of imidazole rings is 1. The summed E-state index contributed by atoms with van der Waals surface area (Å²) in [6.07, 6.45) is 7.63. The number of nitrogens with one attached hydrogen (secondary N) is 1. The van der Waals surface area contributed by atoms with Crippen LogP contribution < -0.4 is 14.8 Å². The van der Waals surface area contributed by atoms with Crippen molar-refractivity contribution in [2.45, 2.75) is 70.2 Å². The predicted octanol–water partition coefficient (Wildman–Crippen LogP) is 6.01. The molecule has 0 aliphatic carbocycles. The SMILES string of the molecule is COc1cc(OC)c(-c2cn3ccc(NC4C[C@@H]5CC[C@@H](C4)N5C(=O)OC(C)(C)C)cc3n2)cc1Cl. The number of amides is 1. The van der Waals surface area contributed by atoms with Crippen molar-refractivity contribution in [2.24, 2.45) is 0 Å². The molecule has 1 aromatic carbocycles. The number of piperidine rings is 1. The van der Waals surface area contributed by atoms with Crippen LogP contribution in [-0.2, 0) is 4.74 Å². The molecule has 1 N–H and O–H groups in total. The summed E-state index contributed by atoms with van der Waals surface area (Å²) in [6.45, 7) is 5.74. The van der Waals surface area contributed by atoms with Crippen LogP contribution in [0.1, 0.15) is 46.5 Å². The lowest BCUT2D eigenvalue weighted by atomic mass is 9.97. The molecular weight excluding hydrogens is 480 g/mol. The third-order valence-corrected chi connectivity index (χ3v) is 7.21. The minimum Gasteiger partial charge on any atom is -0.496 e. The molecule has 36 heavy (non-hydrogen) atoms. The van der Waals surface area contributed by atoms with Gasteiger partial charge in [0.2, 0.25) is 0 Å². The minimum atomic E-state index is -0.481. The van der Waals surface area contributed by atoms with Gasteiger partial charge in [-0.1, -0.05) is 11.6 Å². The van der Waals surface area contributed by atoms with Gasteiger partial charge in [0.05, 0.1) is 24.9 Å². The van der Waals surface area contributed by atoms with Gasteiger partial charge in [0.1, 0.15) is 22.7 Å². The quantitative estimate of drug-likeness (QED) is 0.451. The molecule has 2 aliphatic rings. The van der Waals surface area contributed by atoms with Crippen LogP contribution in [0.25, 0.3) is 16.9 Å². The number of carbonyl (C=O) groups is 1. The normalized spacial score (nSPS) is 21.5. The highest BCUT2D eigenvalue weighted by atomic mass is 35.5. The van der Waals surface area contributed by atoms with Crippen LogP contribution in [0.2, 0.25) is 5.02 Å². The molecule has 192 valence electrons. The average molecular weight is 513 g/mol. The van der Waals surface area contributed by atoms with Gasteiger partial charge in [0.15, 0.2) is 0 Å². The highest BCUT2D eigenvalue weighted by molar-refractivity contribution is 6.32. The number of hydrogen-bond acceptors (Lipinski definition) is 6. The van der Waals surface area contributed by atoms with Crippen LogP contribution in [0.3, 0.4) is 0 Å². The van der Waals surface area contributed by atoms with Gasteiger partial charge in [-0.2, -0.15) is 0 Å². The molecule has 0 unspecified atom stereocenters. The van der Waals surface area contributed by atoms with Gasteiger partial charge in [-0.05, 0) is 58.6 Å². The second-order valence-electron chi connectivity index (χ2n) is 10.6. The van der Waals surface area contributed by atoms with Crippen molar-refractivity contribution in [1.82, 2.24) is 14.3 Å². The first kappa shape index (κ1) is 24.6. The van der Waals surface area contributed by atoms with Gasteiger partial charge in [0, 0.05) is 53.9 Å². The van der Waals surface area contributed by atoms with E-state index in [1.54, 1.807) is 20.3 Å². The Kier molecular flexibility index (Phi) is 6.41. The fourth-order valence-corrected chi connectivity index (χ4v) is 5.65. The number of nitrogens with zero attached hydrogens (tertiary/aromatic N) is 3. The first-order valence-corrected chi connectivity index (χ1v) is 12.7. The maximum absolute atomic E-state index is 12.8. The number of pyridine rings is 1. The lowest BCUT2D eigenvalue weighted by Gasteiger charge is -2.40. The van der Waals surface area contributed by atoms with Crippen LogP contribution in [0.15, 0.2) is 36.7 Å². The number of carbonyl (C=O) groups excluding carboxylic acids is 1.